The fraction of sp³-hybridized carbons (Fsp3) is 0.480. The Labute approximate surface area is 191 Å². The number of fused-ring (bicyclic) bond motifs is 3. The van der Waals surface area contributed by atoms with Crippen molar-refractivity contribution in [1.29, 1.82) is 0 Å². The molecule has 1 amide bonds. The number of hydrogen-bond donors (Lipinski definition) is 1. The highest BCUT2D eigenvalue weighted by Gasteiger charge is 2.43. The Morgan fingerprint density at radius 3 is 2.55 bits per heavy atom. The molecule has 0 saturated carbocycles. The second-order valence-corrected chi connectivity index (χ2v) is 9.18. The Kier molecular flexibility index (Phi) is 6.10. The molecule has 6 nitrogen and oxygen atoms in total. The fourth-order valence-electron chi connectivity index (χ4n) is 5.36. The van der Waals surface area contributed by atoms with E-state index in [9.17, 15) is 13.6 Å². The van der Waals surface area contributed by atoms with Crippen LogP contribution >= 0.6 is 0 Å². The number of carbonyl (C=O) groups is 1. The van der Waals surface area contributed by atoms with Gasteiger partial charge in [0.25, 0.3) is 0 Å². The van der Waals surface area contributed by atoms with Gasteiger partial charge in [-0.1, -0.05) is 12.1 Å². The van der Waals surface area contributed by atoms with Crippen LogP contribution in [0.3, 0.4) is 0 Å². The number of oxazole rings is 1. The number of hydrogen-bond acceptors (Lipinski definition) is 5. The molecular formula is C25H28F2N4O2. The zero-order valence-electron chi connectivity index (χ0n) is 18.6. The predicted molar refractivity (Wildman–Crippen MR) is 121 cm³/mol. The first-order valence-electron chi connectivity index (χ1n) is 11.5. The highest BCUT2D eigenvalue weighted by molar-refractivity contribution is 5.87. The van der Waals surface area contributed by atoms with Gasteiger partial charge in [0, 0.05) is 42.2 Å². The first-order chi connectivity index (χ1) is 16.0. The van der Waals surface area contributed by atoms with Crippen molar-refractivity contribution in [2.45, 2.75) is 63.2 Å². The molecule has 1 unspecified atom stereocenters. The molecule has 174 valence electrons. The number of carbonyl (C=O) groups excluding carboxylic acids is 1. The smallest absolute Gasteiger partial charge is 0.229 e. The summed E-state index contributed by atoms with van der Waals surface area (Å²) in [6, 6.07) is 7.50. The molecule has 0 spiro atoms. The summed E-state index contributed by atoms with van der Waals surface area (Å²) >= 11 is 0. The molecule has 4 heterocycles. The molecule has 3 aromatic rings. The molecule has 0 radical (unpaired) electrons. The largest absolute Gasteiger partial charge is 0.441 e. The number of alkyl halides is 2. The van der Waals surface area contributed by atoms with Gasteiger partial charge in [-0.3, -0.25) is 9.78 Å². The minimum atomic E-state index is -0.746. The van der Waals surface area contributed by atoms with Crippen LogP contribution in [0.1, 0.15) is 37.3 Å². The standard InChI is InChI=1S/C25H28F2N4O2/c1-15-28-14-24(33-15)16-2-3-17-13-29-19(7-18(17)6-16)10-25(32)31-22-4-5-23(31)9-20(8-22)30-21(11-26)12-27/h2-3,6-7,13-14,20-23,30H,4-5,8-12H2,1H3/t20?,22-,23+. The Morgan fingerprint density at radius 2 is 1.88 bits per heavy atom. The third-order valence-corrected chi connectivity index (χ3v) is 6.88. The summed E-state index contributed by atoms with van der Waals surface area (Å²) < 4.78 is 31.5. The van der Waals surface area contributed by atoms with Gasteiger partial charge in [0.15, 0.2) is 11.7 Å². The summed E-state index contributed by atoms with van der Waals surface area (Å²) in [6.07, 6.45) is 7.11. The van der Waals surface area contributed by atoms with E-state index in [1.165, 1.54) is 0 Å². The quantitative estimate of drug-likeness (QED) is 0.581. The predicted octanol–water partition coefficient (Wildman–Crippen LogP) is 4.16. The van der Waals surface area contributed by atoms with Crippen molar-refractivity contribution < 1.29 is 18.0 Å². The van der Waals surface area contributed by atoms with Crippen LogP contribution in [-0.2, 0) is 11.2 Å². The van der Waals surface area contributed by atoms with Crippen LogP contribution in [0.25, 0.3) is 22.1 Å². The van der Waals surface area contributed by atoms with Crippen molar-refractivity contribution in [2.75, 3.05) is 13.3 Å². The average Bonchev–Trinajstić information content (AvgIpc) is 3.37. The zero-order valence-corrected chi connectivity index (χ0v) is 18.6. The molecule has 3 atom stereocenters. The lowest BCUT2D eigenvalue weighted by Gasteiger charge is -2.40. The second-order valence-electron chi connectivity index (χ2n) is 9.18. The summed E-state index contributed by atoms with van der Waals surface area (Å²) in [6.45, 7) is 0.386. The van der Waals surface area contributed by atoms with E-state index in [2.05, 4.69) is 15.3 Å². The first-order valence-corrected chi connectivity index (χ1v) is 11.5. The first kappa shape index (κ1) is 21.9. The molecule has 5 rings (SSSR count). The van der Waals surface area contributed by atoms with Gasteiger partial charge in [-0.25, -0.2) is 13.8 Å². The van der Waals surface area contributed by atoms with Crippen molar-refractivity contribution in [1.82, 2.24) is 20.2 Å². The molecular weight excluding hydrogens is 426 g/mol. The maximum Gasteiger partial charge on any atom is 0.229 e. The summed E-state index contributed by atoms with van der Waals surface area (Å²) in [4.78, 5) is 23.9. The average molecular weight is 455 g/mol. The molecule has 2 saturated heterocycles. The van der Waals surface area contributed by atoms with E-state index in [0.717, 1.165) is 47.7 Å². The molecule has 33 heavy (non-hydrogen) atoms. The number of amides is 1. The molecule has 2 bridgehead atoms. The van der Waals surface area contributed by atoms with Gasteiger partial charge >= 0.3 is 0 Å². The van der Waals surface area contributed by atoms with Crippen molar-refractivity contribution in [3.8, 4) is 11.3 Å². The van der Waals surface area contributed by atoms with Crippen LogP contribution < -0.4 is 5.32 Å². The number of nitrogens with one attached hydrogen (secondary N) is 1. The summed E-state index contributed by atoms with van der Waals surface area (Å²) in [7, 11) is 0. The topological polar surface area (TPSA) is 71.3 Å². The van der Waals surface area contributed by atoms with Crippen molar-refractivity contribution >= 4 is 16.7 Å². The van der Waals surface area contributed by atoms with E-state index in [4.69, 9.17) is 4.42 Å². The number of aryl methyl sites for hydroxylation is 1. The maximum absolute atomic E-state index is 13.2. The highest BCUT2D eigenvalue weighted by Crippen LogP contribution is 2.36. The maximum atomic E-state index is 13.2. The Bertz CT molecular complexity index is 1130. The van der Waals surface area contributed by atoms with E-state index in [1.54, 1.807) is 12.4 Å². The van der Waals surface area contributed by atoms with E-state index >= 15 is 0 Å². The minimum Gasteiger partial charge on any atom is -0.441 e. The zero-order chi connectivity index (χ0) is 22.9. The van der Waals surface area contributed by atoms with E-state index in [0.29, 0.717) is 11.7 Å². The number of rotatable bonds is 7. The normalized spacial score (nSPS) is 22.4. The van der Waals surface area contributed by atoms with E-state index in [1.807, 2.05) is 36.1 Å². The lowest BCUT2D eigenvalue weighted by Crippen LogP contribution is -2.54. The van der Waals surface area contributed by atoms with Crippen LogP contribution in [-0.4, -0.2) is 58.3 Å². The molecule has 2 fully saturated rings. The monoisotopic (exact) mass is 454 g/mol. The van der Waals surface area contributed by atoms with Gasteiger partial charge < -0.3 is 14.6 Å². The number of pyridine rings is 1. The molecule has 1 N–H and O–H groups in total. The second kappa shape index (κ2) is 9.17. The highest BCUT2D eigenvalue weighted by atomic mass is 19.1. The third-order valence-electron chi connectivity index (χ3n) is 6.88. The fourth-order valence-corrected chi connectivity index (χ4v) is 5.36. The van der Waals surface area contributed by atoms with Crippen molar-refractivity contribution in [2.24, 2.45) is 0 Å². The molecule has 2 aliphatic heterocycles. The van der Waals surface area contributed by atoms with Crippen LogP contribution in [0.5, 0.6) is 0 Å². The van der Waals surface area contributed by atoms with Gasteiger partial charge in [-0.2, -0.15) is 0 Å². The van der Waals surface area contributed by atoms with Gasteiger partial charge in [0.1, 0.15) is 13.3 Å². The number of nitrogens with zero attached hydrogens (tertiary/aromatic N) is 3. The van der Waals surface area contributed by atoms with E-state index in [-0.39, 0.29) is 30.5 Å². The molecule has 8 heteroatoms. The molecule has 0 aliphatic carbocycles. The van der Waals surface area contributed by atoms with Crippen LogP contribution in [0, 0.1) is 6.92 Å². The van der Waals surface area contributed by atoms with Crippen molar-refractivity contribution in [3.05, 3.63) is 48.2 Å². The van der Waals surface area contributed by atoms with E-state index < -0.39 is 19.4 Å². The Hall–Kier alpha value is -2.87. The van der Waals surface area contributed by atoms with Gasteiger partial charge in [-0.15, -0.1) is 0 Å². The van der Waals surface area contributed by atoms with Crippen LogP contribution in [0.4, 0.5) is 8.78 Å². The number of aromatic nitrogens is 2. The Balaban J connectivity index is 1.29. The molecule has 2 aromatic heterocycles. The summed E-state index contributed by atoms with van der Waals surface area (Å²) in [5, 5.41) is 5.08. The van der Waals surface area contributed by atoms with Crippen LogP contribution in [0.15, 0.2) is 41.1 Å². The number of benzene rings is 1. The summed E-state index contributed by atoms with van der Waals surface area (Å²) in [5.74, 6) is 1.40. The number of halogens is 2. The number of piperidine rings is 1. The lowest BCUT2D eigenvalue weighted by molar-refractivity contribution is -0.135. The SMILES string of the molecule is Cc1ncc(-c2ccc3cnc(CC(=O)N4[C@@H]5CC[C@H]4CC(NC(CF)CF)C5)cc3c2)o1. The minimum absolute atomic E-state index is 0.0555. The van der Waals surface area contributed by atoms with Crippen LogP contribution in [0.2, 0.25) is 0 Å². The summed E-state index contributed by atoms with van der Waals surface area (Å²) in [5.41, 5.74) is 1.66. The van der Waals surface area contributed by atoms with Gasteiger partial charge in [-0.05, 0) is 43.2 Å². The van der Waals surface area contributed by atoms with Crippen molar-refractivity contribution in [3.63, 3.8) is 0 Å². The van der Waals surface area contributed by atoms with Gasteiger partial charge in [0.2, 0.25) is 5.91 Å². The Morgan fingerprint density at radius 1 is 1.12 bits per heavy atom. The van der Waals surface area contributed by atoms with Gasteiger partial charge in [0.05, 0.1) is 24.4 Å². The molecule has 1 aromatic carbocycles. The molecule has 2 aliphatic rings. The lowest BCUT2D eigenvalue weighted by atomic mass is 9.96. The third kappa shape index (κ3) is 4.49.